The summed E-state index contributed by atoms with van der Waals surface area (Å²) >= 11 is 1.30. The molecule has 2 aromatic rings. The lowest BCUT2D eigenvalue weighted by molar-refractivity contribution is -0.146. The van der Waals surface area contributed by atoms with Gasteiger partial charge >= 0.3 is 5.97 Å². The fraction of sp³-hybridized carbons (Fsp3) is 0.350. The van der Waals surface area contributed by atoms with Gasteiger partial charge in [-0.2, -0.15) is 4.72 Å². The van der Waals surface area contributed by atoms with Gasteiger partial charge in [0.05, 0.1) is 10.5 Å². The van der Waals surface area contributed by atoms with Gasteiger partial charge in [0.15, 0.2) is 6.61 Å². The van der Waals surface area contributed by atoms with Crippen LogP contribution in [-0.4, -0.2) is 39.4 Å². The highest BCUT2D eigenvalue weighted by Crippen LogP contribution is 2.39. The van der Waals surface area contributed by atoms with E-state index in [1.807, 2.05) is 0 Å². The number of carbonyl (C=O) groups is 3. The lowest BCUT2D eigenvalue weighted by Gasteiger charge is -2.18. The number of hydrogen-bond donors (Lipinski definition) is 3. The Hall–Kier alpha value is -2.76. The number of nitrogens with one attached hydrogen (secondary N) is 2. The summed E-state index contributed by atoms with van der Waals surface area (Å²) < 4.78 is 31.1. The van der Waals surface area contributed by atoms with Gasteiger partial charge in [-0.15, -0.1) is 11.3 Å². The Kier molecular flexibility index (Phi) is 7.08. The Morgan fingerprint density at radius 3 is 2.61 bits per heavy atom. The molecular formula is C20H23N3O6S2. The van der Waals surface area contributed by atoms with Crippen LogP contribution in [0.5, 0.6) is 0 Å². The molecule has 1 aromatic carbocycles. The van der Waals surface area contributed by atoms with Crippen molar-refractivity contribution in [2.45, 2.75) is 31.1 Å². The highest BCUT2D eigenvalue weighted by Gasteiger charge is 2.27. The van der Waals surface area contributed by atoms with Crippen LogP contribution in [0, 0.1) is 5.92 Å². The summed E-state index contributed by atoms with van der Waals surface area (Å²) in [5.41, 5.74) is 6.69. The van der Waals surface area contributed by atoms with Gasteiger partial charge in [0.2, 0.25) is 10.0 Å². The normalized spacial score (nSPS) is 15.7. The van der Waals surface area contributed by atoms with Gasteiger partial charge in [0, 0.05) is 4.88 Å². The van der Waals surface area contributed by atoms with Crippen LogP contribution in [0.15, 0.2) is 35.2 Å². The van der Waals surface area contributed by atoms with Crippen LogP contribution in [0.1, 0.15) is 34.1 Å². The van der Waals surface area contributed by atoms with Crippen molar-refractivity contribution in [3.8, 4) is 0 Å². The molecule has 0 spiro atoms. The van der Waals surface area contributed by atoms with E-state index in [1.54, 1.807) is 18.2 Å². The van der Waals surface area contributed by atoms with Crippen LogP contribution in [0.25, 0.3) is 0 Å². The molecule has 0 bridgehead atoms. The molecule has 9 nitrogen and oxygen atoms in total. The SMILES string of the molecule is CC1CCc2c(sc(NC(=O)COC(=O)CNS(=O)(=O)c3ccccc3)c2C(N)=O)C1. The molecule has 1 unspecified atom stereocenters. The summed E-state index contributed by atoms with van der Waals surface area (Å²) in [6, 6.07) is 7.55. The Balaban J connectivity index is 1.55. The number of rotatable bonds is 8. The molecule has 0 saturated heterocycles. The molecule has 1 aromatic heterocycles. The first-order valence-electron chi connectivity index (χ1n) is 9.62. The monoisotopic (exact) mass is 465 g/mol. The minimum absolute atomic E-state index is 0.00973. The van der Waals surface area contributed by atoms with Gasteiger partial charge in [-0.3, -0.25) is 14.4 Å². The van der Waals surface area contributed by atoms with Crippen molar-refractivity contribution in [2.75, 3.05) is 18.5 Å². The second kappa shape index (κ2) is 9.58. The summed E-state index contributed by atoms with van der Waals surface area (Å²) in [7, 11) is -3.87. The summed E-state index contributed by atoms with van der Waals surface area (Å²) in [6.07, 6.45) is 2.47. The van der Waals surface area contributed by atoms with Crippen molar-refractivity contribution in [3.05, 3.63) is 46.3 Å². The van der Waals surface area contributed by atoms with Gasteiger partial charge in [-0.25, -0.2) is 8.42 Å². The van der Waals surface area contributed by atoms with Crippen molar-refractivity contribution < 1.29 is 27.5 Å². The van der Waals surface area contributed by atoms with Crippen LogP contribution < -0.4 is 15.8 Å². The number of primary amides is 1. The van der Waals surface area contributed by atoms with Crippen molar-refractivity contribution in [3.63, 3.8) is 0 Å². The highest BCUT2D eigenvalue weighted by atomic mass is 32.2. The predicted molar refractivity (Wildman–Crippen MR) is 115 cm³/mol. The minimum Gasteiger partial charge on any atom is -0.455 e. The quantitative estimate of drug-likeness (QED) is 0.503. The first-order valence-corrected chi connectivity index (χ1v) is 11.9. The summed E-state index contributed by atoms with van der Waals surface area (Å²) in [5, 5.41) is 2.93. The van der Waals surface area contributed by atoms with Crippen molar-refractivity contribution >= 4 is 44.1 Å². The molecule has 31 heavy (non-hydrogen) atoms. The Morgan fingerprint density at radius 2 is 1.94 bits per heavy atom. The molecule has 1 heterocycles. The van der Waals surface area contributed by atoms with E-state index in [2.05, 4.69) is 17.0 Å². The molecule has 1 aliphatic rings. The molecule has 0 radical (unpaired) electrons. The van der Waals surface area contributed by atoms with Crippen LogP contribution in [0.2, 0.25) is 0 Å². The van der Waals surface area contributed by atoms with Gasteiger partial charge in [-0.1, -0.05) is 25.1 Å². The van der Waals surface area contributed by atoms with E-state index in [0.717, 1.165) is 29.7 Å². The summed E-state index contributed by atoms with van der Waals surface area (Å²) in [5.74, 6) is -1.69. The number of esters is 1. The fourth-order valence-electron chi connectivity index (χ4n) is 3.30. The Bertz CT molecular complexity index is 1100. The summed E-state index contributed by atoms with van der Waals surface area (Å²) in [6.45, 7) is 0.877. The molecule has 3 rings (SSSR count). The van der Waals surface area contributed by atoms with Crippen molar-refractivity contribution in [2.24, 2.45) is 11.7 Å². The first-order chi connectivity index (χ1) is 14.7. The van der Waals surface area contributed by atoms with E-state index in [0.29, 0.717) is 16.5 Å². The molecule has 0 aliphatic heterocycles. The minimum atomic E-state index is -3.87. The molecule has 0 fully saturated rings. The molecule has 0 saturated carbocycles. The number of amides is 2. The second-order valence-electron chi connectivity index (χ2n) is 7.27. The number of nitrogens with two attached hydrogens (primary N) is 1. The zero-order valence-corrected chi connectivity index (χ0v) is 18.5. The van der Waals surface area contributed by atoms with Crippen LogP contribution in [-0.2, 0) is 37.2 Å². The van der Waals surface area contributed by atoms with Gasteiger partial charge < -0.3 is 15.8 Å². The molecule has 1 atom stereocenters. The molecule has 1 aliphatic carbocycles. The smallest absolute Gasteiger partial charge is 0.321 e. The van der Waals surface area contributed by atoms with E-state index in [4.69, 9.17) is 10.5 Å². The van der Waals surface area contributed by atoms with Gasteiger partial charge in [-0.05, 0) is 42.9 Å². The van der Waals surface area contributed by atoms with E-state index in [9.17, 15) is 22.8 Å². The average Bonchev–Trinajstić information content (AvgIpc) is 3.08. The number of thiophene rings is 1. The number of anilines is 1. The molecular weight excluding hydrogens is 442 g/mol. The number of sulfonamides is 1. The lowest BCUT2D eigenvalue weighted by Crippen LogP contribution is -2.32. The standard InChI is InChI=1S/C20H23N3O6S2/c1-12-7-8-14-15(9-12)30-20(18(14)19(21)26)23-16(24)11-29-17(25)10-22-31(27,28)13-5-3-2-4-6-13/h2-6,12,22H,7-11H2,1H3,(H2,21,26)(H,23,24). The predicted octanol–water partition coefficient (Wildman–Crippen LogP) is 1.43. The maximum Gasteiger partial charge on any atom is 0.321 e. The number of hydrogen-bond acceptors (Lipinski definition) is 7. The number of benzene rings is 1. The van der Waals surface area contributed by atoms with E-state index < -0.39 is 41.0 Å². The largest absolute Gasteiger partial charge is 0.455 e. The fourth-order valence-corrected chi connectivity index (χ4v) is 5.72. The van der Waals surface area contributed by atoms with Crippen LogP contribution >= 0.6 is 11.3 Å². The lowest BCUT2D eigenvalue weighted by atomic mass is 9.88. The first kappa shape index (κ1) is 22.9. The average molecular weight is 466 g/mol. The van der Waals surface area contributed by atoms with Crippen molar-refractivity contribution in [1.29, 1.82) is 0 Å². The zero-order chi connectivity index (χ0) is 22.6. The third-order valence-corrected chi connectivity index (χ3v) is 7.42. The topological polar surface area (TPSA) is 145 Å². The molecule has 11 heteroatoms. The maximum atomic E-state index is 12.2. The van der Waals surface area contributed by atoms with E-state index in [1.165, 1.54) is 23.5 Å². The maximum absolute atomic E-state index is 12.2. The molecule has 4 N–H and O–H groups in total. The van der Waals surface area contributed by atoms with Crippen LogP contribution in [0.3, 0.4) is 0 Å². The zero-order valence-electron chi connectivity index (χ0n) is 16.8. The van der Waals surface area contributed by atoms with Crippen molar-refractivity contribution in [1.82, 2.24) is 4.72 Å². The summed E-state index contributed by atoms with van der Waals surface area (Å²) in [4.78, 5) is 37.0. The molecule has 166 valence electrons. The Morgan fingerprint density at radius 1 is 1.23 bits per heavy atom. The van der Waals surface area contributed by atoms with E-state index >= 15 is 0 Å². The van der Waals surface area contributed by atoms with Gasteiger partial charge in [0.25, 0.3) is 11.8 Å². The highest BCUT2D eigenvalue weighted by molar-refractivity contribution is 7.89. The number of ether oxygens (including phenoxy) is 1. The van der Waals surface area contributed by atoms with Crippen LogP contribution in [0.4, 0.5) is 5.00 Å². The van der Waals surface area contributed by atoms with E-state index in [-0.39, 0.29) is 4.90 Å². The number of carbonyl (C=O) groups excluding carboxylic acids is 3. The van der Waals surface area contributed by atoms with Gasteiger partial charge in [0.1, 0.15) is 11.5 Å². The third kappa shape index (κ3) is 5.69. The second-order valence-corrected chi connectivity index (χ2v) is 10.1. The Labute approximate surface area is 184 Å². The molecule has 2 amide bonds. The number of fused-ring (bicyclic) bond motifs is 1. The third-order valence-electron chi connectivity index (χ3n) is 4.84.